The number of phenols is 1. The first-order valence-electron chi connectivity index (χ1n) is 6.16. The lowest BCUT2D eigenvalue weighted by molar-refractivity contribution is -0.385. The Labute approximate surface area is 110 Å². The summed E-state index contributed by atoms with van der Waals surface area (Å²) in [4.78, 5) is 24.1. The molecule has 1 N–H and O–H groups in total. The first kappa shape index (κ1) is 13.3. The van der Waals surface area contributed by atoms with Gasteiger partial charge in [0, 0.05) is 19.2 Å². The average molecular weight is 264 g/mol. The van der Waals surface area contributed by atoms with E-state index in [1.165, 1.54) is 11.0 Å². The second-order valence-electron chi connectivity index (χ2n) is 4.95. The van der Waals surface area contributed by atoms with Crippen LogP contribution in [0.4, 0.5) is 5.69 Å². The van der Waals surface area contributed by atoms with Gasteiger partial charge in [-0.15, -0.1) is 0 Å². The largest absolute Gasteiger partial charge is 0.508 e. The van der Waals surface area contributed by atoms with Crippen LogP contribution in [0.15, 0.2) is 18.2 Å². The number of aromatic hydroxyl groups is 1. The minimum atomic E-state index is -0.609. The summed E-state index contributed by atoms with van der Waals surface area (Å²) in [5.41, 5.74) is -0.349. The second kappa shape index (κ2) is 4.87. The van der Waals surface area contributed by atoms with Crippen LogP contribution in [0.5, 0.6) is 5.75 Å². The molecule has 0 saturated heterocycles. The van der Waals surface area contributed by atoms with E-state index < -0.39 is 10.8 Å². The maximum Gasteiger partial charge on any atom is 0.282 e. The molecule has 6 heteroatoms. The molecule has 1 aromatic rings. The van der Waals surface area contributed by atoms with Gasteiger partial charge in [-0.2, -0.15) is 0 Å². The van der Waals surface area contributed by atoms with Crippen LogP contribution in [-0.2, 0) is 0 Å². The highest BCUT2D eigenvalue weighted by molar-refractivity contribution is 5.98. The molecule has 6 nitrogen and oxygen atoms in total. The Hall–Kier alpha value is -2.11. The van der Waals surface area contributed by atoms with Crippen LogP contribution in [-0.4, -0.2) is 33.9 Å². The quantitative estimate of drug-likeness (QED) is 0.667. The van der Waals surface area contributed by atoms with E-state index in [-0.39, 0.29) is 23.0 Å². The van der Waals surface area contributed by atoms with Crippen molar-refractivity contribution in [1.82, 2.24) is 4.90 Å². The minimum absolute atomic E-state index is 0.0504. The molecule has 0 aliphatic heterocycles. The second-order valence-corrected chi connectivity index (χ2v) is 4.95. The lowest BCUT2D eigenvalue weighted by atomic mass is 10.1. The molecule has 1 aromatic carbocycles. The van der Waals surface area contributed by atoms with Crippen LogP contribution in [0.1, 0.15) is 30.1 Å². The van der Waals surface area contributed by atoms with Crippen LogP contribution in [0.2, 0.25) is 0 Å². The third kappa shape index (κ3) is 2.67. The fourth-order valence-electron chi connectivity index (χ4n) is 2.12. The van der Waals surface area contributed by atoms with E-state index in [9.17, 15) is 20.0 Å². The molecule has 0 radical (unpaired) electrons. The van der Waals surface area contributed by atoms with E-state index in [0.29, 0.717) is 5.92 Å². The molecule has 1 fully saturated rings. The Morgan fingerprint density at radius 2 is 2.16 bits per heavy atom. The Balaban J connectivity index is 2.31. The van der Waals surface area contributed by atoms with Gasteiger partial charge in [-0.3, -0.25) is 14.9 Å². The van der Waals surface area contributed by atoms with Gasteiger partial charge in [0.25, 0.3) is 11.6 Å². The van der Waals surface area contributed by atoms with Crippen molar-refractivity contribution in [1.29, 1.82) is 0 Å². The predicted molar refractivity (Wildman–Crippen MR) is 69.0 cm³/mol. The standard InChI is InChI=1S/C13H16N2O4/c1-8(9-3-4-9)14(2)13(17)11-7-10(16)5-6-12(11)15(18)19/h5-9,16H,3-4H2,1-2H3. The number of phenolic OH excluding ortho intramolecular Hbond substituents is 1. The highest BCUT2D eigenvalue weighted by Gasteiger charge is 2.34. The Morgan fingerprint density at radius 1 is 1.53 bits per heavy atom. The van der Waals surface area contributed by atoms with Crippen molar-refractivity contribution >= 4 is 11.6 Å². The molecule has 102 valence electrons. The monoisotopic (exact) mass is 264 g/mol. The lowest BCUT2D eigenvalue weighted by Crippen LogP contribution is -2.36. The van der Waals surface area contributed by atoms with Crippen molar-refractivity contribution in [3.63, 3.8) is 0 Å². The number of nitrogens with zero attached hydrogens (tertiary/aromatic N) is 2. The van der Waals surface area contributed by atoms with Crippen molar-refractivity contribution < 1.29 is 14.8 Å². The zero-order chi connectivity index (χ0) is 14.2. The van der Waals surface area contributed by atoms with Crippen LogP contribution in [0, 0.1) is 16.0 Å². The van der Waals surface area contributed by atoms with Crippen LogP contribution in [0.25, 0.3) is 0 Å². The molecule has 0 spiro atoms. The summed E-state index contributed by atoms with van der Waals surface area (Å²) in [6, 6.07) is 3.56. The van der Waals surface area contributed by atoms with Gasteiger partial charge in [0.15, 0.2) is 0 Å². The SMILES string of the molecule is CC(C1CC1)N(C)C(=O)c1cc(O)ccc1[N+](=O)[O-]. The van der Waals surface area contributed by atoms with E-state index >= 15 is 0 Å². The maximum absolute atomic E-state index is 12.3. The molecule has 1 amide bonds. The molecule has 19 heavy (non-hydrogen) atoms. The van der Waals surface area contributed by atoms with Crippen LogP contribution >= 0.6 is 0 Å². The summed E-state index contributed by atoms with van der Waals surface area (Å²) < 4.78 is 0. The number of nitro benzene ring substituents is 1. The summed E-state index contributed by atoms with van der Waals surface area (Å²) in [5, 5.41) is 20.3. The van der Waals surface area contributed by atoms with Crippen molar-refractivity contribution in [2.24, 2.45) is 5.92 Å². The zero-order valence-electron chi connectivity index (χ0n) is 10.9. The fraction of sp³-hybridized carbons (Fsp3) is 0.462. The Morgan fingerprint density at radius 3 is 2.68 bits per heavy atom. The van der Waals surface area contributed by atoms with Gasteiger partial charge in [0.1, 0.15) is 11.3 Å². The molecule has 0 heterocycles. The maximum atomic E-state index is 12.3. The van der Waals surface area contributed by atoms with Crippen molar-refractivity contribution in [3.8, 4) is 5.75 Å². The Bertz CT molecular complexity index is 525. The minimum Gasteiger partial charge on any atom is -0.508 e. The summed E-state index contributed by atoms with van der Waals surface area (Å²) in [6.45, 7) is 1.93. The summed E-state index contributed by atoms with van der Waals surface area (Å²) in [5.74, 6) is -0.103. The smallest absolute Gasteiger partial charge is 0.282 e. The molecule has 2 rings (SSSR count). The number of amides is 1. The molecule has 1 aliphatic carbocycles. The molecule has 1 saturated carbocycles. The van der Waals surface area contributed by atoms with Gasteiger partial charge in [-0.1, -0.05) is 0 Å². The number of rotatable bonds is 4. The molecular weight excluding hydrogens is 248 g/mol. The van der Waals surface area contributed by atoms with Gasteiger partial charge < -0.3 is 10.0 Å². The number of hydrogen-bond donors (Lipinski definition) is 1. The van der Waals surface area contributed by atoms with Crippen molar-refractivity contribution in [2.45, 2.75) is 25.8 Å². The normalized spacial score (nSPS) is 15.9. The third-order valence-electron chi connectivity index (χ3n) is 3.64. The number of hydrogen-bond acceptors (Lipinski definition) is 4. The van der Waals surface area contributed by atoms with Crippen LogP contribution in [0.3, 0.4) is 0 Å². The van der Waals surface area contributed by atoms with Gasteiger partial charge in [-0.05, 0) is 37.8 Å². The van der Waals surface area contributed by atoms with E-state index in [0.717, 1.165) is 25.0 Å². The average Bonchev–Trinajstić information content (AvgIpc) is 3.19. The number of carbonyl (C=O) groups is 1. The third-order valence-corrected chi connectivity index (χ3v) is 3.64. The number of benzene rings is 1. The van der Waals surface area contributed by atoms with E-state index in [1.54, 1.807) is 7.05 Å². The van der Waals surface area contributed by atoms with Gasteiger partial charge in [0.2, 0.25) is 0 Å². The number of carbonyl (C=O) groups excluding carboxylic acids is 1. The summed E-state index contributed by atoms with van der Waals surface area (Å²) >= 11 is 0. The highest BCUT2D eigenvalue weighted by atomic mass is 16.6. The first-order valence-corrected chi connectivity index (χ1v) is 6.16. The molecule has 0 aromatic heterocycles. The molecule has 1 aliphatic rings. The van der Waals surface area contributed by atoms with Crippen molar-refractivity contribution in [2.75, 3.05) is 7.05 Å². The van der Waals surface area contributed by atoms with E-state index in [2.05, 4.69) is 0 Å². The van der Waals surface area contributed by atoms with Gasteiger partial charge >= 0.3 is 0 Å². The van der Waals surface area contributed by atoms with Gasteiger partial charge in [-0.25, -0.2) is 0 Å². The zero-order valence-corrected chi connectivity index (χ0v) is 10.9. The molecule has 0 bridgehead atoms. The Kier molecular flexibility index (Phi) is 3.42. The summed E-state index contributed by atoms with van der Waals surface area (Å²) in [6.07, 6.45) is 2.17. The fourth-order valence-corrected chi connectivity index (χ4v) is 2.12. The van der Waals surface area contributed by atoms with Crippen molar-refractivity contribution in [3.05, 3.63) is 33.9 Å². The lowest BCUT2D eigenvalue weighted by Gasteiger charge is -2.24. The summed E-state index contributed by atoms with van der Waals surface area (Å²) in [7, 11) is 1.64. The predicted octanol–water partition coefficient (Wildman–Crippen LogP) is 2.17. The first-order chi connectivity index (χ1) is 8.91. The molecule has 1 unspecified atom stereocenters. The van der Waals surface area contributed by atoms with E-state index in [4.69, 9.17) is 0 Å². The number of nitro groups is 1. The van der Waals surface area contributed by atoms with Gasteiger partial charge in [0.05, 0.1) is 4.92 Å². The highest BCUT2D eigenvalue weighted by Crippen LogP contribution is 2.35. The molecular formula is C13H16N2O4. The molecule has 1 atom stereocenters. The topological polar surface area (TPSA) is 83.7 Å². The van der Waals surface area contributed by atoms with E-state index in [1.807, 2.05) is 6.92 Å². The van der Waals surface area contributed by atoms with Crippen LogP contribution < -0.4 is 0 Å².